The van der Waals surface area contributed by atoms with Crippen molar-refractivity contribution in [2.24, 2.45) is 0 Å². The van der Waals surface area contributed by atoms with E-state index in [0.717, 1.165) is 6.26 Å². The first kappa shape index (κ1) is 13.5. The molecule has 19 heavy (non-hydrogen) atoms. The number of sulfone groups is 1. The largest absolute Gasteiger partial charge is 0.497 e. The summed E-state index contributed by atoms with van der Waals surface area (Å²) in [5.41, 5.74) is 0.678. The van der Waals surface area contributed by atoms with Crippen LogP contribution in [0.15, 0.2) is 18.2 Å². The first-order valence-electron chi connectivity index (χ1n) is 5.55. The molecule has 1 aliphatic rings. The lowest BCUT2D eigenvalue weighted by Gasteiger charge is -2.15. The number of carbonyl (C=O) groups is 2. The number of Topliss-reactive ketones (excluding diaryl/α,β-unsaturated/α-hetero) is 1. The van der Waals surface area contributed by atoms with E-state index in [-0.39, 0.29) is 17.9 Å². The first-order valence-corrected chi connectivity index (χ1v) is 7.61. The van der Waals surface area contributed by atoms with E-state index >= 15 is 0 Å². The molecule has 0 aromatic heterocycles. The maximum Gasteiger partial charge on any atom is 0.299 e. The van der Waals surface area contributed by atoms with Gasteiger partial charge in [-0.3, -0.25) is 9.59 Å². The Labute approximate surface area is 110 Å². The van der Waals surface area contributed by atoms with Crippen LogP contribution in [0.25, 0.3) is 0 Å². The third-order valence-corrected chi connectivity index (χ3v) is 3.79. The maximum atomic E-state index is 11.8. The minimum Gasteiger partial charge on any atom is -0.497 e. The number of benzene rings is 1. The Kier molecular flexibility index (Phi) is 3.32. The number of rotatable bonds is 4. The van der Waals surface area contributed by atoms with Crippen molar-refractivity contribution in [3.63, 3.8) is 0 Å². The standard InChI is InChI=1S/C12H13NO5S/c1-18-8-3-4-10-9(7-8)11(14)12(15)13(10)5-6-19(2,16)17/h3-4,7H,5-6H2,1-2H3. The summed E-state index contributed by atoms with van der Waals surface area (Å²) in [4.78, 5) is 24.8. The van der Waals surface area contributed by atoms with Gasteiger partial charge in [-0.2, -0.15) is 0 Å². The molecule has 0 saturated heterocycles. The third-order valence-electron chi connectivity index (χ3n) is 2.86. The van der Waals surface area contributed by atoms with Crippen molar-refractivity contribution in [2.75, 3.05) is 30.6 Å². The molecule has 7 heteroatoms. The number of ketones is 1. The minimum absolute atomic E-state index is 0.0251. The van der Waals surface area contributed by atoms with Crippen LogP contribution < -0.4 is 9.64 Å². The average molecular weight is 283 g/mol. The zero-order valence-corrected chi connectivity index (χ0v) is 11.4. The number of fused-ring (bicyclic) bond motifs is 1. The Morgan fingerprint density at radius 2 is 1.95 bits per heavy atom. The number of amides is 1. The molecule has 0 unspecified atom stereocenters. The van der Waals surface area contributed by atoms with Gasteiger partial charge >= 0.3 is 0 Å². The van der Waals surface area contributed by atoms with E-state index in [2.05, 4.69) is 0 Å². The van der Waals surface area contributed by atoms with Gasteiger partial charge in [0.25, 0.3) is 11.7 Å². The van der Waals surface area contributed by atoms with Gasteiger partial charge in [-0.25, -0.2) is 8.42 Å². The van der Waals surface area contributed by atoms with Crippen LogP contribution in [0.5, 0.6) is 5.75 Å². The zero-order valence-electron chi connectivity index (χ0n) is 10.5. The van der Waals surface area contributed by atoms with E-state index in [1.54, 1.807) is 12.1 Å². The Morgan fingerprint density at radius 1 is 1.26 bits per heavy atom. The van der Waals surface area contributed by atoms with Crippen LogP contribution >= 0.6 is 0 Å². The van der Waals surface area contributed by atoms with E-state index in [0.29, 0.717) is 11.4 Å². The molecule has 1 heterocycles. The number of hydrogen-bond acceptors (Lipinski definition) is 5. The lowest BCUT2D eigenvalue weighted by atomic mass is 10.1. The molecule has 1 aliphatic heterocycles. The zero-order chi connectivity index (χ0) is 14.2. The molecule has 1 aromatic carbocycles. The number of methoxy groups -OCH3 is 1. The number of nitrogens with zero attached hydrogens (tertiary/aromatic N) is 1. The third kappa shape index (κ3) is 2.60. The molecule has 0 atom stereocenters. The molecule has 0 fully saturated rings. The summed E-state index contributed by atoms with van der Waals surface area (Å²) in [6.45, 7) is -0.0251. The van der Waals surface area contributed by atoms with Crippen molar-refractivity contribution in [2.45, 2.75) is 0 Å². The smallest absolute Gasteiger partial charge is 0.299 e. The van der Waals surface area contributed by atoms with Crippen LogP contribution in [0, 0.1) is 0 Å². The summed E-state index contributed by atoms with van der Waals surface area (Å²) in [7, 11) is -1.74. The van der Waals surface area contributed by atoms with E-state index in [4.69, 9.17) is 4.74 Å². The second-order valence-corrected chi connectivity index (χ2v) is 6.56. The molecule has 1 aromatic rings. The number of anilines is 1. The molecule has 0 aliphatic carbocycles. The molecule has 0 N–H and O–H groups in total. The Balaban J connectivity index is 2.34. The van der Waals surface area contributed by atoms with Gasteiger partial charge in [0, 0.05) is 12.8 Å². The summed E-state index contributed by atoms with van der Waals surface area (Å²) < 4.78 is 27.3. The molecule has 0 bridgehead atoms. The highest BCUT2D eigenvalue weighted by atomic mass is 32.2. The van der Waals surface area contributed by atoms with Gasteiger partial charge in [-0.15, -0.1) is 0 Å². The quantitative estimate of drug-likeness (QED) is 0.741. The molecule has 2 rings (SSSR count). The lowest BCUT2D eigenvalue weighted by Crippen LogP contribution is -2.33. The summed E-state index contributed by atoms with van der Waals surface area (Å²) in [5.74, 6) is -1.04. The van der Waals surface area contributed by atoms with Crippen LogP contribution in [0.2, 0.25) is 0 Å². The molecule has 0 radical (unpaired) electrons. The van der Waals surface area contributed by atoms with E-state index in [1.807, 2.05) is 0 Å². The van der Waals surface area contributed by atoms with Gasteiger partial charge in [-0.1, -0.05) is 0 Å². The van der Waals surface area contributed by atoms with Gasteiger partial charge in [0.05, 0.1) is 24.1 Å². The van der Waals surface area contributed by atoms with Crippen molar-refractivity contribution in [1.29, 1.82) is 0 Å². The van der Waals surface area contributed by atoms with Crippen molar-refractivity contribution < 1.29 is 22.7 Å². The van der Waals surface area contributed by atoms with Gasteiger partial charge < -0.3 is 9.64 Å². The fourth-order valence-electron chi connectivity index (χ4n) is 1.89. The second kappa shape index (κ2) is 4.65. The van der Waals surface area contributed by atoms with Crippen LogP contribution in [-0.4, -0.2) is 45.8 Å². The van der Waals surface area contributed by atoms with Crippen LogP contribution in [-0.2, 0) is 14.6 Å². The number of hydrogen-bond donors (Lipinski definition) is 0. The average Bonchev–Trinajstić information content (AvgIpc) is 2.58. The van der Waals surface area contributed by atoms with Crippen LogP contribution in [0.1, 0.15) is 10.4 Å². The minimum atomic E-state index is -3.20. The predicted octanol–water partition coefficient (Wildman–Crippen LogP) is 0.269. The summed E-state index contributed by atoms with van der Waals surface area (Å²) in [6, 6.07) is 4.69. The molecular formula is C12H13NO5S. The Hall–Kier alpha value is -1.89. The van der Waals surface area contributed by atoms with Crippen molar-refractivity contribution >= 4 is 27.2 Å². The normalized spacial score (nSPS) is 14.7. The van der Waals surface area contributed by atoms with Gasteiger partial charge in [0.2, 0.25) is 0 Å². The first-order chi connectivity index (χ1) is 8.83. The second-order valence-electron chi connectivity index (χ2n) is 4.30. The Morgan fingerprint density at radius 3 is 2.53 bits per heavy atom. The number of carbonyl (C=O) groups excluding carboxylic acids is 2. The number of ether oxygens (including phenoxy) is 1. The maximum absolute atomic E-state index is 11.8. The molecular weight excluding hydrogens is 270 g/mol. The van der Waals surface area contributed by atoms with Crippen LogP contribution in [0.3, 0.4) is 0 Å². The summed E-state index contributed by atoms with van der Waals surface area (Å²) in [5, 5.41) is 0. The molecule has 0 saturated carbocycles. The van der Waals surface area contributed by atoms with E-state index in [1.165, 1.54) is 18.1 Å². The molecule has 1 amide bonds. The van der Waals surface area contributed by atoms with Gasteiger partial charge in [0.15, 0.2) is 0 Å². The van der Waals surface area contributed by atoms with Crippen molar-refractivity contribution in [3.05, 3.63) is 23.8 Å². The van der Waals surface area contributed by atoms with Gasteiger partial charge in [-0.05, 0) is 18.2 Å². The monoisotopic (exact) mass is 283 g/mol. The lowest BCUT2D eigenvalue weighted by molar-refractivity contribution is -0.114. The van der Waals surface area contributed by atoms with Gasteiger partial charge in [0.1, 0.15) is 15.6 Å². The highest BCUT2D eigenvalue weighted by Crippen LogP contribution is 2.31. The topological polar surface area (TPSA) is 80.8 Å². The van der Waals surface area contributed by atoms with Crippen LogP contribution in [0.4, 0.5) is 5.69 Å². The van der Waals surface area contributed by atoms with E-state index < -0.39 is 21.5 Å². The molecule has 0 spiro atoms. The van der Waals surface area contributed by atoms with E-state index in [9.17, 15) is 18.0 Å². The predicted molar refractivity (Wildman–Crippen MR) is 69.4 cm³/mol. The molecule has 102 valence electrons. The Bertz CT molecular complexity index is 650. The SMILES string of the molecule is COc1ccc2c(c1)C(=O)C(=O)N2CCS(C)(=O)=O. The summed E-state index contributed by atoms with van der Waals surface area (Å²) >= 11 is 0. The van der Waals surface area contributed by atoms with Crippen molar-refractivity contribution in [1.82, 2.24) is 0 Å². The fourth-order valence-corrected chi connectivity index (χ4v) is 2.40. The summed E-state index contributed by atoms with van der Waals surface area (Å²) in [6.07, 6.45) is 1.09. The highest BCUT2D eigenvalue weighted by molar-refractivity contribution is 7.90. The molecule has 6 nitrogen and oxygen atoms in total. The highest BCUT2D eigenvalue weighted by Gasteiger charge is 2.36. The van der Waals surface area contributed by atoms with Crippen molar-refractivity contribution in [3.8, 4) is 5.75 Å². The fraction of sp³-hybridized carbons (Fsp3) is 0.333.